The average Bonchev–Trinajstić information content (AvgIpc) is 3.62. The molecule has 2 aliphatic rings. The van der Waals surface area contributed by atoms with Gasteiger partial charge in [0.05, 0.1) is 27.0 Å². The van der Waals surface area contributed by atoms with Gasteiger partial charge in [0, 0.05) is 46.7 Å². The quantitative estimate of drug-likeness (QED) is 0.0943. The van der Waals surface area contributed by atoms with Crippen LogP contribution in [0.3, 0.4) is 0 Å². The van der Waals surface area contributed by atoms with Crippen LogP contribution < -0.4 is 11.1 Å². The van der Waals surface area contributed by atoms with Crippen molar-refractivity contribution in [1.29, 1.82) is 0 Å². The summed E-state index contributed by atoms with van der Waals surface area (Å²) in [5.74, 6) is -1.55. The van der Waals surface area contributed by atoms with E-state index in [0.29, 0.717) is 62.7 Å². The maximum atomic E-state index is 13.5. The zero-order chi connectivity index (χ0) is 37.8. The number of hydrogen-bond acceptors (Lipinski definition) is 10. The van der Waals surface area contributed by atoms with Gasteiger partial charge >= 0.3 is 5.97 Å². The Morgan fingerprint density at radius 2 is 1.77 bits per heavy atom. The number of pyridine rings is 2. The van der Waals surface area contributed by atoms with Crippen LogP contribution in [-0.2, 0) is 0 Å². The number of thiazole rings is 1. The molecule has 2 aromatic carbocycles. The van der Waals surface area contributed by atoms with Gasteiger partial charge in [-0.1, -0.05) is 68.8 Å². The van der Waals surface area contributed by atoms with Crippen LogP contribution in [0.4, 0.5) is 5.13 Å². The van der Waals surface area contributed by atoms with Crippen LogP contribution in [0.5, 0.6) is 0 Å². The summed E-state index contributed by atoms with van der Waals surface area (Å²) in [6, 6.07) is 18.1. The fourth-order valence-corrected chi connectivity index (χ4v) is 9.97. The number of nitrogens with zero attached hydrogens (tertiary/aromatic N) is 5. The summed E-state index contributed by atoms with van der Waals surface area (Å²) in [4.78, 5) is 57.1. The number of carbonyl (C=O) groups excluding carboxylic acids is 1. The molecule has 3 heterocycles. The molecule has 0 saturated heterocycles. The predicted molar refractivity (Wildman–Crippen MR) is 211 cm³/mol. The lowest BCUT2D eigenvalue weighted by atomic mass is 9.57. The number of rotatable bonds is 10. The molecule has 2 fully saturated rings. The first-order valence-electron chi connectivity index (χ1n) is 17.8. The summed E-state index contributed by atoms with van der Waals surface area (Å²) in [6.07, 6.45) is 7.13. The standard InChI is InChI=1S/C41H43N7O4S/c1-6-38(3)19-39(4)21-41(20-38,48-52)22-40(39,5)23-44-24(2)29(18-42)26-12-14-30(45-34(26)36(50)51)25-11-13-31-28(17-25)27(15-16-43-31)35(49)47-37-46-32-9-7-8-10-33(32)53-37/h7-18H,6,19-23,42H2,1-5H3,(H,50,51)(H,46,47,49). The molecule has 2 bridgehead atoms. The van der Waals surface area contributed by atoms with Crippen LogP contribution in [0.25, 0.3) is 38.0 Å². The van der Waals surface area contributed by atoms with E-state index in [9.17, 15) is 19.6 Å². The molecular formula is C41H43N7O4S. The van der Waals surface area contributed by atoms with Gasteiger partial charge in [0.15, 0.2) is 10.8 Å². The van der Waals surface area contributed by atoms with Gasteiger partial charge in [0.25, 0.3) is 5.91 Å². The minimum absolute atomic E-state index is 0.0380. The SMILES string of the molecule is CCC1(C)CC2(N=O)CC(C)(CN=C(C)C(=CN)c3ccc(-c4ccc5nccc(C(=O)Nc6nc7ccccc7s6)c5c4)nc3C(=O)O)C(C)(C1)C2. The smallest absolute Gasteiger partial charge is 0.355 e. The van der Waals surface area contributed by atoms with Crippen LogP contribution in [0, 0.1) is 21.2 Å². The number of benzene rings is 2. The number of carbonyl (C=O) groups is 2. The minimum Gasteiger partial charge on any atom is -0.476 e. The zero-order valence-corrected chi connectivity index (χ0v) is 31.4. The molecule has 7 rings (SSSR count). The van der Waals surface area contributed by atoms with Crippen molar-refractivity contribution < 1.29 is 14.7 Å². The van der Waals surface area contributed by atoms with Crippen molar-refractivity contribution in [2.24, 2.45) is 32.1 Å². The van der Waals surface area contributed by atoms with Crippen LogP contribution in [0.15, 0.2) is 83.2 Å². The number of carboxylic acids is 1. The molecule has 0 radical (unpaired) electrons. The second kappa shape index (κ2) is 13.2. The van der Waals surface area contributed by atoms with E-state index < -0.39 is 11.5 Å². The number of anilines is 1. The molecule has 5 aromatic rings. The van der Waals surface area contributed by atoms with E-state index in [2.05, 4.69) is 53.1 Å². The van der Waals surface area contributed by atoms with Gasteiger partial charge in [0.2, 0.25) is 0 Å². The Bertz CT molecular complexity index is 2340. The molecule has 53 heavy (non-hydrogen) atoms. The highest BCUT2D eigenvalue weighted by molar-refractivity contribution is 7.22. The molecule has 2 saturated carbocycles. The van der Waals surface area contributed by atoms with E-state index in [1.54, 1.807) is 42.6 Å². The summed E-state index contributed by atoms with van der Waals surface area (Å²) in [5.41, 5.74) is 9.25. The molecule has 12 heteroatoms. The lowest BCUT2D eigenvalue weighted by molar-refractivity contribution is 0.0247. The number of nitrogens with one attached hydrogen (secondary N) is 1. The molecule has 4 atom stereocenters. The van der Waals surface area contributed by atoms with E-state index in [0.717, 1.165) is 35.9 Å². The Morgan fingerprint density at radius 3 is 2.49 bits per heavy atom. The van der Waals surface area contributed by atoms with Crippen molar-refractivity contribution in [1.82, 2.24) is 15.0 Å². The van der Waals surface area contributed by atoms with Crippen LogP contribution in [0.2, 0.25) is 0 Å². The van der Waals surface area contributed by atoms with Crippen molar-refractivity contribution in [3.05, 3.63) is 94.8 Å². The number of nitroso groups, excluding NO2 is 1. The number of para-hydroxylation sites is 1. The first kappa shape index (κ1) is 36.0. The van der Waals surface area contributed by atoms with Gasteiger partial charge in [-0.2, -0.15) is 4.91 Å². The Balaban J connectivity index is 1.17. The third-order valence-electron chi connectivity index (χ3n) is 11.9. The second-order valence-corrected chi connectivity index (χ2v) is 16.8. The van der Waals surface area contributed by atoms with E-state index in [4.69, 9.17) is 10.7 Å². The Morgan fingerprint density at radius 1 is 0.981 bits per heavy atom. The molecule has 2 aliphatic carbocycles. The third kappa shape index (κ3) is 6.39. The zero-order valence-electron chi connectivity index (χ0n) is 30.6. The van der Waals surface area contributed by atoms with Gasteiger partial charge in [0.1, 0.15) is 5.54 Å². The van der Waals surface area contributed by atoms with Gasteiger partial charge < -0.3 is 10.8 Å². The molecule has 4 N–H and O–H groups in total. The van der Waals surface area contributed by atoms with E-state index in [1.165, 1.54) is 17.5 Å². The van der Waals surface area contributed by atoms with Crippen molar-refractivity contribution in [3.8, 4) is 11.3 Å². The molecule has 1 amide bonds. The van der Waals surface area contributed by atoms with E-state index in [-0.39, 0.29) is 27.8 Å². The number of fused-ring (bicyclic) bond motifs is 4. The maximum absolute atomic E-state index is 13.5. The fourth-order valence-electron chi connectivity index (χ4n) is 9.11. The lowest BCUT2D eigenvalue weighted by Gasteiger charge is -2.48. The summed E-state index contributed by atoms with van der Waals surface area (Å²) in [5, 5.41) is 18.1. The number of hydrogen-bond donors (Lipinski definition) is 3. The highest BCUT2D eigenvalue weighted by Gasteiger charge is 2.65. The first-order chi connectivity index (χ1) is 25.2. The summed E-state index contributed by atoms with van der Waals surface area (Å²) >= 11 is 1.39. The van der Waals surface area contributed by atoms with Gasteiger partial charge in [-0.05, 0) is 91.3 Å². The normalized spacial score (nSPS) is 25.8. The second-order valence-electron chi connectivity index (χ2n) is 15.7. The third-order valence-corrected chi connectivity index (χ3v) is 12.9. The average molecular weight is 730 g/mol. The van der Waals surface area contributed by atoms with Crippen LogP contribution >= 0.6 is 11.3 Å². The Labute approximate surface area is 311 Å². The highest BCUT2D eigenvalue weighted by Crippen LogP contribution is 2.69. The number of nitrogens with two attached hydrogens (primary N) is 1. The molecule has 4 unspecified atom stereocenters. The molecule has 272 valence electrons. The monoisotopic (exact) mass is 729 g/mol. The number of aliphatic imine (C=N–C) groups is 1. The van der Waals surface area contributed by atoms with Crippen molar-refractivity contribution in [2.45, 2.75) is 72.3 Å². The van der Waals surface area contributed by atoms with Gasteiger partial charge in [-0.15, -0.1) is 0 Å². The molecular weight excluding hydrogens is 687 g/mol. The molecule has 3 aromatic heterocycles. The number of amides is 1. The lowest BCUT2D eigenvalue weighted by Crippen LogP contribution is -2.43. The van der Waals surface area contributed by atoms with Gasteiger partial charge in [-0.3, -0.25) is 20.1 Å². The highest BCUT2D eigenvalue weighted by atomic mass is 32.1. The number of allylic oxidation sites excluding steroid dienone is 1. The minimum atomic E-state index is -1.21. The van der Waals surface area contributed by atoms with Crippen molar-refractivity contribution >= 4 is 60.7 Å². The number of carboxylic acid groups (broad SMARTS) is 1. The fraction of sp³-hybridized carbons (Fsp3) is 0.366. The summed E-state index contributed by atoms with van der Waals surface area (Å²) < 4.78 is 0.965. The maximum Gasteiger partial charge on any atom is 0.355 e. The molecule has 11 nitrogen and oxygen atoms in total. The number of aromatic carboxylic acids is 1. The molecule has 0 spiro atoms. The summed E-state index contributed by atoms with van der Waals surface area (Å²) in [6.45, 7) is 11.2. The predicted octanol–water partition coefficient (Wildman–Crippen LogP) is 9.14. The van der Waals surface area contributed by atoms with E-state index >= 15 is 0 Å². The largest absolute Gasteiger partial charge is 0.476 e. The number of aromatic nitrogens is 3. The Kier molecular flexibility index (Phi) is 9.00. The topological polar surface area (TPSA) is 173 Å². The summed E-state index contributed by atoms with van der Waals surface area (Å²) in [7, 11) is 0. The van der Waals surface area contributed by atoms with Crippen LogP contribution in [-0.4, -0.2) is 49.7 Å². The van der Waals surface area contributed by atoms with E-state index in [1.807, 2.05) is 31.2 Å². The first-order valence-corrected chi connectivity index (χ1v) is 18.6. The van der Waals surface area contributed by atoms with Crippen molar-refractivity contribution in [2.75, 3.05) is 11.9 Å². The van der Waals surface area contributed by atoms with Crippen LogP contribution in [0.1, 0.15) is 93.1 Å². The van der Waals surface area contributed by atoms with Gasteiger partial charge in [-0.25, -0.2) is 14.8 Å². The Hall–Kier alpha value is -5.36. The van der Waals surface area contributed by atoms with Crippen molar-refractivity contribution in [3.63, 3.8) is 0 Å². The molecule has 0 aliphatic heterocycles.